The monoisotopic (exact) mass is 433 g/mol. The van der Waals surface area contributed by atoms with Crippen LogP contribution in [0.4, 0.5) is 65.9 Å². The molecule has 0 spiro atoms. The van der Waals surface area contributed by atoms with Gasteiger partial charge in [-0.1, -0.05) is 0 Å². The van der Waals surface area contributed by atoms with E-state index in [9.17, 15) is 74.6 Å². The summed E-state index contributed by atoms with van der Waals surface area (Å²) in [6, 6.07) is 0. The second-order valence-electron chi connectivity index (χ2n) is 4.12. The first-order valence-electron chi connectivity index (χ1n) is 4.87. The van der Waals surface area contributed by atoms with Gasteiger partial charge in [-0.15, -0.1) is 0 Å². The summed E-state index contributed by atoms with van der Waals surface area (Å²) in [5, 5.41) is -7.25. The molecule has 0 saturated carbocycles. The maximum absolute atomic E-state index is 12.8. The lowest BCUT2D eigenvalue weighted by molar-refractivity contribution is -0.447. The van der Waals surface area contributed by atoms with Gasteiger partial charge >= 0.3 is 41.0 Å². The first kappa shape index (κ1) is 24.1. The molecule has 2 nitrogen and oxygen atoms in total. The fourth-order valence-corrected chi connectivity index (χ4v) is 1.39. The van der Waals surface area contributed by atoms with Crippen LogP contribution in [0.3, 0.4) is 0 Å². The lowest BCUT2D eigenvalue weighted by atomic mass is 9.94. The Morgan fingerprint density at radius 1 is 0.480 bits per heavy atom. The highest BCUT2D eigenvalue weighted by Crippen LogP contribution is 2.62. The van der Waals surface area contributed by atoms with E-state index in [4.69, 9.17) is 0 Å². The van der Waals surface area contributed by atoms with Crippen molar-refractivity contribution in [3.8, 4) is 0 Å². The molecule has 0 aliphatic rings. The van der Waals surface area contributed by atoms with E-state index >= 15 is 0 Å². The van der Waals surface area contributed by atoms with Crippen molar-refractivity contribution in [2.24, 2.45) is 0 Å². The third-order valence-electron chi connectivity index (χ3n) is 2.51. The van der Waals surface area contributed by atoms with Crippen LogP contribution in [0.15, 0.2) is 0 Å². The van der Waals surface area contributed by atoms with Gasteiger partial charge in [0, 0.05) is 11.1 Å². The molecule has 0 N–H and O–H groups in total. The second-order valence-corrected chi connectivity index (χ2v) is 5.10. The van der Waals surface area contributed by atoms with Crippen LogP contribution in [-0.4, -0.2) is 49.8 Å². The van der Waals surface area contributed by atoms with Crippen molar-refractivity contribution in [2.75, 3.05) is 0 Å². The fraction of sp³-hybridized carbons (Fsp3) is 1.00. The van der Waals surface area contributed by atoms with Crippen LogP contribution in [0.5, 0.6) is 0 Å². The molecule has 0 bridgehead atoms. The van der Waals surface area contributed by atoms with Crippen molar-refractivity contribution >= 4 is 11.1 Å². The van der Waals surface area contributed by atoms with Gasteiger partial charge in [0.25, 0.3) is 0 Å². The van der Waals surface area contributed by atoms with E-state index in [-0.39, 0.29) is 0 Å². The largest absolute Gasteiger partial charge is 0.768 e. The topological polar surface area (TPSA) is 40.1 Å². The highest BCUT2D eigenvalue weighted by atomic mass is 32.2. The summed E-state index contributed by atoms with van der Waals surface area (Å²) in [7, 11) is 0. The molecule has 0 aromatic heterocycles. The number of halogens is 15. The molecule has 25 heavy (non-hydrogen) atoms. The van der Waals surface area contributed by atoms with E-state index in [1.54, 1.807) is 0 Å². The lowest BCUT2D eigenvalue weighted by Crippen LogP contribution is -2.73. The minimum Gasteiger partial charge on any atom is -0.768 e. The molecule has 1 unspecified atom stereocenters. The molecule has 0 aromatic carbocycles. The lowest BCUT2D eigenvalue weighted by Gasteiger charge is -2.41. The summed E-state index contributed by atoms with van der Waals surface area (Å²) in [6.45, 7) is 0. The number of alkyl halides is 15. The van der Waals surface area contributed by atoms with Crippen molar-refractivity contribution in [3.63, 3.8) is 0 Å². The Labute approximate surface area is 128 Å². The Kier molecular flexibility index (Phi) is 5.56. The summed E-state index contributed by atoms with van der Waals surface area (Å²) in [6.07, 6.45) is -7.70. The van der Waals surface area contributed by atoms with Gasteiger partial charge in [0.2, 0.25) is 0 Å². The van der Waals surface area contributed by atoms with Gasteiger partial charge in [0.05, 0.1) is 0 Å². The van der Waals surface area contributed by atoms with Crippen molar-refractivity contribution in [3.05, 3.63) is 0 Å². The van der Waals surface area contributed by atoms with Gasteiger partial charge in [0.15, 0.2) is 0 Å². The maximum Gasteiger partial charge on any atom is 0.460 e. The zero-order valence-electron chi connectivity index (χ0n) is 10.4. The molecule has 0 aromatic rings. The van der Waals surface area contributed by atoms with Gasteiger partial charge in [0.1, 0.15) is 0 Å². The Balaban J connectivity index is 6.55. The summed E-state index contributed by atoms with van der Waals surface area (Å²) < 4.78 is 206. The molecule has 0 radical (unpaired) electrons. The van der Waals surface area contributed by atoms with Crippen LogP contribution >= 0.6 is 0 Å². The summed E-state index contributed by atoms with van der Waals surface area (Å²) in [4.78, 5) is 0. The van der Waals surface area contributed by atoms with Gasteiger partial charge in [-0.2, -0.15) is 65.9 Å². The molecule has 0 heterocycles. The van der Waals surface area contributed by atoms with Crippen molar-refractivity contribution in [1.82, 2.24) is 0 Å². The summed E-state index contributed by atoms with van der Waals surface area (Å²) >= 11 is -5.69. The fourth-order valence-electron chi connectivity index (χ4n) is 1.06. The number of rotatable bonds is 6. The van der Waals surface area contributed by atoms with Gasteiger partial charge in [-0.25, -0.2) is 0 Å². The zero-order chi connectivity index (χ0) is 21.1. The van der Waals surface area contributed by atoms with E-state index in [1.165, 1.54) is 0 Å². The van der Waals surface area contributed by atoms with Gasteiger partial charge in [-0.05, 0) is 0 Å². The Morgan fingerprint density at radius 2 is 0.720 bits per heavy atom. The van der Waals surface area contributed by atoms with Crippen molar-refractivity contribution in [2.45, 2.75) is 41.0 Å². The van der Waals surface area contributed by atoms with Crippen LogP contribution in [0.2, 0.25) is 0 Å². The molecular formula is C7F15O2S-. The minimum atomic E-state index is -8.48. The Bertz CT molecular complexity index is 534. The summed E-state index contributed by atoms with van der Waals surface area (Å²) in [5.74, 6) is -41.3. The van der Waals surface area contributed by atoms with Crippen LogP contribution in [0.25, 0.3) is 0 Å². The predicted octanol–water partition coefficient (Wildman–Crippen LogP) is 4.20. The minimum absolute atomic E-state index is 5.69. The van der Waals surface area contributed by atoms with Crippen molar-refractivity contribution in [1.29, 1.82) is 0 Å². The molecule has 0 saturated heterocycles. The van der Waals surface area contributed by atoms with E-state index in [0.29, 0.717) is 0 Å². The van der Waals surface area contributed by atoms with E-state index < -0.39 is 52.1 Å². The van der Waals surface area contributed by atoms with E-state index in [2.05, 4.69) is 0 Å². The zero-order valence-corrected chi connectivity index (χ0v) is 11.2. The molecule has 152 valence electrons. The van der Waals surface area contributed by atoms with Crippen molar-refractivity contribution < 1.29 is 74.6 Å². The first-order valence-corrected chi connectivity index (χ1v) is 5.95. The van der Waals surface area contributed by atoms with Crippen LogP contribution < -0.4 is 0 Å². The molecule has 0 aliphatic heterocycles. The Hall–Kier alpha value is -0.940. The Morgan fingerprint density at radius 3 is 0.960 bits per heavy atom. The van der Waals surface area contributed by atoms with Crippen LogP contribution in [-0.2, 0) is 11.1 Å². The smallest absolute Gasteiger partial charge is 0.460 e. The van der Waals surface area contributed by atoms with Gasteiger partial charge in [-0.3, -0.25) is 4.21 Å². The third kappa shape index (κ3) is 2.93. The molecule has 18 heteroatoms. The molecule has 0 amide bonds. The van der Waals surface area contributed by atoms with Crippen LogP contribution in [0, 0.1) is 0 Å². The van der Waals surface area contributed by atoms with E-state index in [1.807, 2.05) is 0 Å². The molecule has 0 rings (SSSR count). The molecule has 1 atom stereocenters. The number of hydrogen-bond acceptors (Lipinski definition) is 2. The van der Waals surface area contributed by atoms with Crippen LogP contribution in [0.1, 0.15) is 0 Å². The molecule has 0 fully saturated rings. The predicted molar refractivity (Wildman–Crippen MR) is 44.7 cm³/mol. The molecule has 0 aliphatic carbocycles. The first-order chi connectivity index (χ1) is 10.4. The van der Waals surface area contributed by atoms with Gasteiger partial charge < -0.3 is 4.55 Å². The van der Waals surface area contributed by atoms with E-state index in [0.717, 1.165) is 0 Å². The highest BCUT2D eigenvalue weighted by Gasteiger charge is 2.93. The SMILES string of the molecule is O=S([O-])C(F)(F)C(F)(F)C(F)(F)C(F)(F)C(F)(F)C(F)(F)C(F)(F)F. The normalized spacial score (nSPS) is 17.6. The summed E-state index contributed by atoms with van der Waals surface area (Å²) in [5.41, 5.74) is 0. The average Bonchev–Trinajstić information content (AvgIpc) is 2.35. The third-order valence-corrected chi connectivity index (χ3v) is 3.18. The highest BCUT2D eigenvalue weighted by molar-refractivity contribution is 7.80. The second kappa shape index (κ2) is 5.78. The standard InChI is InChI=1S/C7HF15O2S/c8-1(9,2(10,11)4(14,15)6(18,19)20)3(12,13)5(16,17)7(21,22)25(23)24/h(H,23,24)/p-1. The average molecular weight is 433 g/mol. The number of hydrogen-bond donors (Lipinski definition) is 0. The molecular weight excluding hydrogens is 433 g/mol. The quantitative estimate of drug-likeness (QED) is 0.466. The maximum atomic E-state index is 12.8.